The van der Waals surface area contributed by atoms with E-state index >= 15 is 0 Å². The summed E-state index contributed by atoms with van der Waals surface area (Å²) in [4.78, 5) is 25.0. The van der Waals surface area contributed by atoms with Crippen molar-refractivity contribution in [2.45, 2.75) is 25.4 Å². The molecule has 0 aliphatic heterocycles. The Kier molecular flexibility index (Phi) is 3.88. The Morgan fingerprint density at radius 2 is 2.00 bits per heavy atom. The summed E-state index contributed by atoms with van der Waals surface area (Å²) >= 11 is 6.03. The summed E-state index contributed by atoms with van der Waals surface area (Å²) < 4.78 is 3.08. The number of hydrogen-bond donors (Lipinski definition) is 1. The van der Waals surface area contributed by atoms with Crippen LogP contribution in [0.4, 0.5) is 0 Å². The number of carbonyl (C=O) groups excluding carboxylic acids is 1. The number of carbonyl (C=O) groups is 1. The van der Waals surface area contributed by atoms with E-state index in [1.165, 1.54) is 10.1 Å². The molecule has 0 spiro atoms. The van der Waals surface area contributed by atoms with Gasteiger partial charge in [0.2, 0.25) is 5.91 Å². The first-order valence-corrected chi connectivity index (χ1v) is 8.64. The predicted octanol–water partition coefficient (Wildman–Crippen LogP) is 2.80. The number of halogens is 1. The summed E-state index contributed by atoms with van der Waals surface area (Å²) in [5, 5.41) is 3.77. The SMILES string of the molecule is Cn1c(=O)n(CC(=O)N[C@@H]2CCc3cc(Cl)ccc32)c2ccccc21. The van der Waals surface area contributed by atoms with E-state index < -0.39 is 0 Å². The Hall–Kier alpha value is -2.53. The van der Waals surface area contributed by atoms with E-state index in [0.29, 0.717) is 5.02 Å². The number of amides is 1. The molecule has 1 N–H and O–H groups in total. The largest absolute Gasteiger partial charge is 0.348 e. The summed E-state index contributed by atoms with van der Waals surface area (Å²) in [6.07, 6.45) is 1.75. The van der Waals surface area contributed by atoms with E-state index in [2.05, 4.69) is 5.32 Å². The van der Waals surface area contributed by atoms with Crippen molar-refractivity contribution < 1.29 is 4.79 Å². The molecule has 25 heavy (non-hydrogen) atoms. The van der Waals surface area contributed by atoms with Crippen LogP contribution in [0.1, 0.15) is 23.6 Å². The van der Waals surface area contributed by atoms with Crippen LogP contribution < -0.4 is 11.0 Å². The maximum Gasteiger partial charge on any atom is 0.329 e. The molecule has 2 aromatic carbocycles. The minimum Gasteiger partial charge on any atom is -0.348 e. The number of aromatic nitrogens is 2. The Bertz CT molecular complexity index is 1030. The molecular weight excluding hydrogens is 338 g/mol. The van der Waals surface area contributed by atoms with Gasteiger partial charge in [-0.3, -0.25) is 13.9 Å². The Morgan fingerprint density at radius 1 is 1.24 bits per heavy atom. The van der Waals surface area contributed by atoms with Gasteiger partial charge in [0.25, 0.3) is 0 Å². The van der Waals surface area contributed by atoms with E-state index in [-0.39, 0.29) is 24.2 Å². The molecule has 0 saturated heterocycles. The van der Waals surface area contributed by atoms with E-state index in [1.807, 2.05) is 42.5 Å². The molecule has 5 nitrogen and oxygen atoms in total. The first-order valence-electron chi connectivity index (χ1n) is 8.26. The quantitative estimate of drug-likeness (QED) is 0.785. The normalized spacial score (nSPS) is 16.2. The van der Waals surface area contributed by atoms with Crippen LogP contribution in [-0.4, -0.2) is 15.0 Å². The number of hydrogen-bond acceptors (Lipinski definition) is 2. The van der Waals surface area contributed by atoms with E-state index in [1.54, 1.807) is 11.6 Å². The summed E-state index contributed by atoms with van der Waals surface area (Å²) in [6, 6.07) is 13.2. The molecule has 1 aliphatic carbocycles. The average molecular weight is 356 g/mol. The number of nitrogens with zero attached hydrogens (tertiary/aromatic N) is 2. The van der Waals surface area contributed by atoms with Gasteiger partial charge >= 0.3 is 5.69 Å². The van der Waals surface area contributed by atoms with Crippen molar-refractivity contribution in [2.24, 2.45) is 7.05 Å². The highest BCUT2D eigenvalue weighted by molar-refractivity contribution is 6.30. The number of imidazole rings is 1. The van der Waals surface area contributed by atoms with Crippen LogP contribution in [0.25, 0.3) is 11.0 Å². The second-order valence-corrected chi connectivity index (χ2v) is 6.85. The molecule has 0 unspecified atom stereocenters. The molecule has 128 valence electrons. The topological polar surface area (TPSA) is 56.0 Å². The lowest BCUT2D eigenvalue weighted by Gasteiger charge is -2.14. The van der Waals surface area contributed by atoms with Crippen molar-refractivity contribution in [3.8, 4) is 0 Å². The molecule has 0 bridgehead atoms. The first kappa shape index (κ1) is 16.0. The second kappa shape index (κ2) is 6.08. The van der Waals surface area contributed by atoms with Gasteiger partial charge in [-0.25, -0.2) is 4.79 Å². The highest BCUT2D eigenvalue weighted by Crippen LogP contribution is 2.32. The third kappa shape index (κ3) is 2.74. The number of fused-ring (bicyclic) bond motifs is 2. The molecule has 0 saturated carbocycles. The molecular formula is C19H18ClN3O2. The monoisotopic (exact) mass is 355 g/mol. The molecule has 1 aliphatic rings. The van der Waals surface area contributed by atoms with Crippen LogP contribution in [0, 0.1) is 0 Å². The minimum atomic E-state index is -0.185. The fourth-order valence-corrected chi connectivity index (χ4v) is 3.83. The van der Waals surface area contributed by atoms with Crippen LogP contribution in [0.3, 0.4) is 0 Å². The molecule has 6 heteroatoms. The third-order valence-corrected chi connectivity index (χ3v) is 5.11. The number of rotatable bonds is 3. The van der Waals surface area contributed by atoms with Crippen molar-refractivity contribution >= 4 is 28.5 Å². The summed E-state index contributed by atoms with van der Waals surface area (Å²) in [5.74, 6) is -0.161. The Labute approximate surface area is 149 Å². The second-order valence-electron chi connectivity index (χ2n) is 6.42. The van der Waals surface area contributed by atoms with Crippen molar-refractivity contribution in [3.63, 3.8) is 0 Å². The molecule has 1 amide bonds. The van der Waals surface area contributed by atoms with Crippen LogP contribution in [0.5, 0.6) is 0 Å². The summed E-state index contributed by atoms with van der Waals surface area (Å²) in [7, 11) is 1.72. The standard InChI is InChI=1S/C19H18ClN3O2/c1-22-16-4-2-3-5-17(16)23(19(22)25)11-18(24)21-15-9-6-12-10-13(20)7-8-14(12)15/h2-5,7-8,10,15H,6,9,11H2,1H3,(H,21,24)/t15-/m1/s1. The fourth-order valence-electron chi connectivity index (χ4n) is 3.64. The number of aryl methyl sites for hydroxylation is 2. The van der Waals surface area contributed by atoms with Gasteiger partial charge in [0.1, 0.15) is 6.54 Å². The van der Waals surface area contributed by atoms with Crippen molar-refractivity contribution in [2.75, 3.05) is 0 Å². The van der Waals surface area contributed by atoms with Gasteiger partial charge in [-0.2, -0.15) is 0 Å². The van der Waals surface area contributed by atoms with Gasteiger partial charge in [0, 0.05) is 12.1 Å². The van der Waals surface area contributed by atoms with Gasteiger partial charge in [0.05, 0.1) is 17.1 Å². The van der Waals surface area contributed by atoms with Crippen molar-refractivity contribution in [1.82, 2.24) is 14.5 Å². The van der Waals surface area contributed by atoms with E-state index in [0.717, 1.165) is 29.4 Å². The summed E-state index contributed by atoms with van der Waals surface area (Å²) in [6.45, 7) is 0.0135. The third-order valence-electron chi connectivity index (χ3n) is 4.87. The Balaban J connectivity index is 1.57. The van der Waals surface area contributed by atoms with Crippen LogP contribution in [0.15, 0.2) is 47.3 Å². The van der Waals surface area contributed by atoms with Crippen LogP contribution >= 0.6 is 11.6 Å². The van der Waals surface area contributed by atoms with Gasteiger partial charge < -0.3 is 5.32 Å². The number of benzene rings is 2. The van der Waals surface area contributed by atoms with Crippen LogP contribution in [0.2, 0.25) is 5.02 Å². The molecule has 0 radical (unpaired) electrons. The van der Waals surface area contributed by atoms with Gasteiger partial charge in [-0.1, -0.05) is 29.8 Å². The van der Waals surface area contributed by atoms with E-state index in [4.69, 9.17) is 11.6 Å². The molecule has 1 aromatic heterocycles. The first-order chi connectivity index (χ1) is 12.0. The lowest BCUT2D eigenvalue weighted by molar-refractivity contribution is -0.122. The van der Waals surface area contributed by atoms with Gasteiger partial charge in [-0.05, 0) is 48.2 Å². The van der Waals surface area contributed by atoms with Crippen molar-refractivity contribution in [1.29, 1.82) is 0 Å². The average Bonchev–Trinajstić information content (AvgIpc) is 3.09. The van der Waals surface area contributed by atoms with E-state index in [9.17, 15) is 9.59 Å². The molecule has 1 heterocycles. The maximum atomic E-state index is 12.5. The number of nitrogens with one attached hydrogen (secondary N) is 1. The maximum absolute atomic E-state index is 12.5. The molecule has 3 aromatic rings. The zero-order valence-electron chi connectivity index (χ0n) is 13.8. The number of para-hydroxylation sites is 2. The molecule has 1 atom stereocenters. The minimum absolute atomic E-state index is 0.0135. The van der Waals surface area contributed by atoms with Gasteiger partial charge in [0.15, 0.2) is 0 Å². The molecule has 4 rings (SSSR count). The molecule has 0 fully saturated rings. The van der Waals surface area contributed by atoms with Gasteiger partial charge in [-0.15, -0.1) is 0 Å². The lowest BCUT2D eigenvalue weighted by Crippen LogP contribution is -2.34. The lowest BCUT2D eigenvalue weighted by atomic mass is 10.1. The fraction of sp³-hybridized carbons (Fsp3) is 0.263. The Morgan fingerprint density at radius 3 is 2.80 bits per heavy atom. The zero-order chi connectivity index (χ0) is 17.6. The smallest absolute Gasteiger partial charge is 0.329 e. The van der Waals surface area contributed by atoms with Crippen LogP contribution in [-0.2, 0) is 24.8 Å². The highest BCUT2D eigenvalue weighted by Gasteiger charge is 2.24. The highest BCUT2D eigenvalue weighted by atomic mass is 35.5. The van der Waals surface area contributed by atoms with Crippen molar-refractivity contribution in [3.05, 3.63) is 69.1 Å². The summed E-state index contributed by atoms with van der Waals surface area (Å²) in [5.41, 5.74) is 3.70. The zero-order valence-corrected chi connectivity index (χ0v) is 14.6. The predicted molar refractivity (Wildman–Crippen MR) is 97.8 cm³/mol.